The zero-order valence-corrected chi connectivity index (χ0v) is 18.0. The van der Waals surface area contributed by atoms with Crippen molar-refractivity contribution in [1.82, 2.24) is 19.6 Å². The Morgan fingerprint density at radius 1 is 1.20 bits per heavy atom. The van der Waals surface area contributed by atoms with E-state index >= 15 is 0 Å². The van der Waals surface area contributed by atoms with Crippen molar-refractivity contribution < 1.29 is 14.3 Å². The van der Waals surface area contributed by atoms with E-state index < -0.39 is 0 Å². The third-order valence-corrected chi connectivity index (χ3v) is 6.16. The first-order chi connectivity index (χ1) is 14.7. The summed E-state index contributed by atoms with van der Waals surface area (Å²) in [4.78, 5) is 17.9. The summed E-state index contributed by atoms with van der Waals surface area (Å²) in [5.41, 5.74) is 1.95. The van der Waals surface area contributed by atoms with E-state index in [9.17, 15) is 4.79 Å². The van der Waals surface area contributed by atoms with Crippen LogP contribution in [0, 0.1) is 0 Å². The van der Waals surface area contributed by atoms with Crippen LogP contribution in [0.25, 0.3) is 0 Å². The lowest BCUT2D eigenvalue weighted by Crippen LogP contribution is -2.52. The summed E-state index contributed by atoms with van der Waals surface area (Å²) in [6.07, 6.45) is 7.91. The first-order valence-electron chi connectivity index (χ1n) is 10.9. The monoisotopic (exact) mass is 412 g/mol. The highest BCUT2D eigenvalue weighted by Crippen LogP contribution is 2.32. The molecule has 0 aliphatic carbocycles. The van der Waals surface area contributed by atoms with Gasteiger partial charge in [-0.05, 0) is 32.0 Å². The van der Waals surface area contributed by atoms with Gasteiger partial charge in [-0.1, -0.05) is 24.6 Å². The molecule has 1 amide bonds. The van der Waals surface area contributed by atoms with Gasteiger partial charge in [0.2, 0.25) is 5.91 Å². The van der Waals surface area contributed by atoms with Gasteiger partial charge in [0.05, 0.1) is 38.5 Å². The first kappa shape index (κ1) is 20.9. The number of rotatable bonds is 6. The Hall–Kier alpha value is -2.38. The molecule has 1 aromatic heterocycles. The molecular formula is C23H32N4O3. The Bertz CT molecular complexity index is 846. The number of aryl methyl sites for hydroxylation is 1. The van der Waals surface area contributed by atoms with Crippen LogP contribution in [0.4, 0.5) is 0 Å². The van der Waals surface area contributed by atoms with Crippen LogP contribution in [0.3, 0.4) is 0 Å². The van der Waals surface area contributed by atoms with Gasteiger partial charge >= 0.3 is 0 Å². The number of para-hydroxylation sites is 1. The SMILES string of the molecule is COc1ccccc1CC(=O)N1CCO[C@@H](CN2CCCCC2)[C@@H]1c1cnn(C)c1. The van der Waals surface area contributed by atoms with Crippen LogP contribution in [-0.2, 0) is 23.0 Å². The van der Waals surface area contributed by atoms with Gasteiger partial charge < -0.3 is 19.3 Å². The van der Waals surface area contributed by atoms with Crippen molar-refractivity contribution in [3.63, 3.8) is 0 Å². The second-order valence-electron chi connectivity index (χ2n) is 8.24. The van der Waals surface area contributed by atoms with Gasteiger partial charge in [-0.3, -0.25) is 9.48 Å². The Morgan fingerprint density at radius 3 is 2.73 bits per heavy atom. The van der Waals surface area contributed by atoms with Crippen LogP contribution in [0.15, 0.2) is 36.7 Å². The molecule has 0 radical (unpaired) electrons. The van der Waals surface area contributed by atoms with Crippen LogP contribution in [0.1, 0.15) is 36.4 Å². The number of amides is 1. The molecule has 2 fully saturated rings. The average molecular weight is 413 g/mol. The molecule has 7 heteroatoms. The summed E-state index contributed by atoms with van der Waals surface area (Å²) in [7, 11) is 3.55. The second-order valence-corrected chi connectivity index (χ2v) is 8.24. The minimum atomic E-state index is -0.128. The molecule has 2 aliphatic heterocycles. The first-order valence-corrected chi connectivity index (χ1v) is 10.9. The van der Waals surface area contributed by atoms with Gasteiger partial charge in [-0.25, -0.2) is 0 Å². The number of piperidine rings is 1. The quantitative estimate of drug-likeness (QED) is 0.729. The van der Waals surface area contributed by atoms with Crippen molar-refractivity contribution in [2.75, 3.05) is 39.9 Å². The summed E-state index contributed by atoms with van der Waals surface area (Å²) < 4.78 is 13.5. The molecule has 2 saturated heterocycles. The van der Waals surface area contributed by atoms with Crippen molar-refractivity contribution in [2.45, 2.75) is 37.8 Å². The summed E-state index contributed by atoms with van der Waals surface area (Å²) in [6.45, 7) is 4.21. The number of aromatic nitrogens is 2. The Morgan fingerprint density at radius 2 is 2.00 bits per heavy atom. The Labute approximate surface area is 178 Å². The van der Waals surface area contributed by atoms with E-state index in [4.69, 9.17) is 9.47 Å². The van der Waals surface area contributed by atoms with Gasteiger partial charge in [0.1, 0.15) is 5.75 Å². The third kappa shape index (κ3) is 4.68. The molecule has 0 bridgehead atoms. The second kappa shape index (κ2) is 9.62. The number of carbonyl (C=O) groups excluding carboxylic acids is 1. The predicted octanol–water partition coefficient (Wildman–Crippen LogP) is 2.43. The maximum atomic E-state index is 13.4. The van der Waals surface area contributed by atoms with E-state index in [1.807, 2.05) is 48.6 Å². The molecule has 2 aliphatic rings. The maximum absolute atomic E-state index is 13.4. The Kier molecular flexibility index (Phi) is 6.69. The van der Waals surface area contributed by atoms with Crippen molar-refractivity contribution >= 4 is 5.91 Å². The molecule has 30 heavy (non-hydrogen) atoms. The van der Waals surface area contributed by atoms with Crippen LogP contribution >= 0.6 is 0 Å². The van der Waals surface area contributed by atoms with Gasteiger partial charge in [-0.15, -0.1) is 0 Å². The van der Waals surface area contributed by atoms with E-state index in [0.717, 1.165) is 36.5 Å². The zero-order chi connectivity index (χ0) is 20.9. The molecule has 7 nitrogen and oxygen atoms in total. The lowest BCUT2D eigenvalue weighted by Gasteiger charge is -2.43. The molecule has 0 unspecified atom stereocenters. The molecule has 162 valence electrons. The van der Waals surface area contributed by atoms with Crippen molar-refractivity contribution in [2.24, 2.45) is 7.05 Å². The number of carbonyl (C=O) groups is 1. The van der Waals surface area contributed by atoms with Gasteiger partial charge in [0.25, 0.3) is 0 Å². The van der Waals surface area contributed by atoms with Gasteiger partial charge in [0.15, 0.2) is 0 Å². The number of ether oxygens (including phenoxy) is 2. The van der Waals surface area contributed by atoms with E-state index in [1.165, 1.54) is 19.3 Å². The smallest absolute Gasteiger partial charge is 0.227 e. The number of hydrogen-bond acceptors (Lipinski definition) is 5. The summed E-state index contributed by atoms with van der Waals surface area (Å²) in [5.74, 6) is 0.849. The van der Waals surface area contributed by atoms with Crippen LogP contribution in [0.2, 0.25) is 0 Å². The third-order valence-electron chi connectivity index (χ3n) is 6.16. The number of likely N-dealkylation sites (tertiary alicyclic amines) is 1. The summed E-state index contributed by atoms with van der Waals surface area (Å²) in [6, 6.07) is 7.61. The van der Waals surface area contributed by atoms with E-state index in [2.05, 4.69) is 10.00 Å². The zero-order valence-electron chi connectivity index (χ0n) is 18.0. The van der Waals surface area contributed by atoms with Gasteiger partial charge in [-0.2, -0.15) is 5.10 Å². The van der Waals surface area contributed by atoms with Crippen molar-refractivity contribution in [3.8, 4) is 5.75 Å². The fourth-order valence-electron chi connectivity index (χ4n) is 4.66. The molecule has 4 rings (SSSR count). The minimum absolute atomic E-state index is 0.0531. The number of methoxy groups -OCH3 is 1. The standard InChI is InChI=1S/C23H32N4O3/c1-25-16-19(15-24-25)23-21(17-26-10-6-3-7-11-26)30-13-12-27(23)22(28)14-18-8-4-5-9-20(18)29-2/h4-5,8-9,15-16,21,23H,3,6-7,10-14,17H2,1-2H3/t21-,23-/m0/s1. The minimum Gasteiger partial charge on any atom is -0.496 e. The number of nitrogens with zero attached hydrogens (tertiary/aromatic N) is 4. The lowest BCUT2D eigenvalue weighted by molar-refractivity contribution is -0.148. The van der Waals surface area contributed by atoms with E-state index in [1.54, 1.807) is 11.8 Å². The average Bonchev–Trinajstić information content (AvgIpc) is 3.20. The molecular weight excluding hydrogens is 380 g/mol. The molecule has 0 spiro atoms. The lowest BCUT2D eigenvalue weighted by atomic mass is 9.98. The van der Waals surface area contributed by atoms with Crippen molar-refractivity contribution in [3.05, 3.63) is 47.8 Å². The molecule has 3 heterocycles. The van der Waals surface area contributed by atoms with E-state index in [-0.39, 0.29) is 18.1 Å². The predicted molar refractivity (Wildman–Crippen MR) is 114 cm³/mol. The fraction of sp³-hybridized carbons (Fsp3) is 0.565. The normalized spacial score (nSPS) is 22.8. The largest absolute Gasteiger partial charge is 0.496 e. The van der Waals surface area contributed by atoms with Crippen molar-refractivity contribution in [1.29, 1.82) is 0 Å². The maximum Gasteiger partial charge on any atom is 0.227 e. The molecule has 0 saturated carbocycles. The van der Waals surface area contributed by atoms with E-state index in [0.29, 0.717) is 19.6 Å². The van der Waals surface area contributed by atoms with Gasteiger partial charge in [0, 0.05) is 37.5 Å². The molecule has 1 aromatic carbocycles. The highest BCUT2D eigenvalue weighted by molar-refractivity contribution is 5.80. The number of hydrogen-bond donors (Lipinski definition) is 0. The summed E-state index contributed by atoms with van der Waals surface area (Å²) >= 11 is 0. The highest BCUT2D eigenvalue weighted by Gasteiger charge is 2.38. The Balaban J connectivity index is 1.57. The topological polar surface area (TPSA) is 59.8 Å². The van der Waals surface area contributed by atoms with Crippen LogP contribution < -0.4 is 4.74 Å². The number of morpholine rings is 1. The number of benzene rings is 1. The summed E-state index contributed by atoms with van der Waals surface area (Å²) in [5, 5.41) is 4.37. The fourth-order valence-corrected chi connectivity index (χ4v) is 4.66. The highest BCUT2D eigenvalue weighted by atomic mass is 16.5. The van der Waals surface area contributed by atoms with Crippen LogP contribution in [-0.4, -0.2) is 71.5 Å². The molecule has 2 atom stereocenters. The molecule has 0 N–H and O–H groups in total. The molecule has 2 aromatic rings. The van der Waals surface area contributed by atoms with Crippen LogP contribution in [0.5, 0.6) is 5.75 Å².